The highest BCUT2D eigenvalue weighted by Crippen LogP contribution is 2.27. The third-order valence-electron chi connectivity index (χ3n) is 2.32. The van der Waals surface area contributed by atoms with Gasteiger partial charge in [0.1, 0.15) is 0 Å². The average Bonchev–Trinajstić information content (AvgIpc) is 2.59. The summed E-state index contributed by atoms with van der Waals surface area (Å²) >= 11 is 0. The van der Waals surface area contributed by atoms with Crippen molar-refractivity contribution in [2.24, 2.45) is 10.9 Å². The molecule has 0 bridgehead atoms. The second-order valence-corrected chi connectivity index (χ2v) is 3.26. The van der Waals surface area contributed by atoms with Crippen LogP contribution >= 0.6 is 0 Å². The predicted octanol–water partition coefficient (Wildman–Crippen LogP) is 2.47. The molecule has 0 saturated carbocycles. The molecule has 1 heterocycles. The monoisotopic (exact) mass is 170 g/mol. The fourth-order valence-corrected chi connectivity index (χ4v) is 1.48. The maximum atomic E-state index is 8.74. The van der Waals surface area contributed by atoms with E-state index in [-0.39, 0.29) is 5.92 Å². The van der Waals surface area contributed by atoms with Gasteiger partial charge in [-0.05, 0) is 18.6 Å². The van der Waals surface area contributed by atoms with Crippen LogP contribution in [-0.4, -0.2) is 5.71 Å². The first-order valence-electron chi connectivity index (χ1n) is 4.36. The molecule has 0 fully saturated rings. The molecule has 2 heteroatoms. The van der Waals surface area contributed by atoms with E-state index in [1.54, 1.807) is 0 Å². The zero-order valence-corrected chi connectivity index (χ0v) is 7.49. The Morgan fingerprint density at radius 1 is 1.46 bits per heavy atom. The van der Waals surface area contributed by atoms with Gasteiger partial charge in [0.15, 0.2) is 0 Å². The molecule has 1 aromatic carbocycles. The summed E-state index contributed by atoms with van der Waals surface area (Å²) in [7, 11) is 0. The fourth-order valence-electron chi connectivity index (χ4n) is 1.48. The van der Waals surface area contributed by atoms with E-state index in [0.29, 0.717) is 0 Å². The smallest absolute Gasteiger partial charge is 0.0821 e. The molecule has 13 heavy (non-hydrogen) atoms. The Hall–Kier alpha value is -1.62. The van der Waals surface area contributed by atoms with Crippen LogP contribution in [0.25, 0.3) is 0 Å². The van der Waals surface area contributed by atoms with Crippen LogP contribution in [0.15, 0.2) is 29.3 Å². The van der Waals surface area contributed by atoms with E-state index >= 15 is 0 Å². The van der Waals surface area contributed by atoms with Crippen LogP contribution in [0.5, 0.6) is 0 Å². The molecular weight excluding hydrogens is 160 g/mol. The highest BCUT2D eigenvalue weighted by molar-refractivity contribution is 5.96. The number of para-hydroxylation sites is 1. The van der Waals surface area contributed by atoms with Gasteiger partial charge in [-0.3, -0.25) is 4.99 Å². The fraction of sp³-hybridized carbons (Fsp3) is 0.273. The molecule has 0 N–H and O–H groups in total. The van der Waals surface area contributed by atoms with Crippen molar-refractivity contribution in [3.8, 4) is 6.07 Å². The van der Waals surface area contributed by atoms with E-state index in [2.05, 4.69) is 17.1 Å². The standard InChI is InChI=1S/C11H10N2/c1-8(7-12)11-6-9-4-2-3-5-10(9)13-11/h2-5,8H,6H2,1H3. The van der Waals surface area contributed by atoms with Crippen LogP contribution in [0.2, 0.25) is 0 Å². The van der Waals surface area contributed by atoms with Gasteiger partial charge >= 0.3 is 0 Å². The maximum Gasteiger partial charge on any atom is 0.0821 e. The molecule has 0 spiro atoms. The molecular formula is C11H10N2. The summed E-state index contributed by atoms with van der Waals surface area (Å²) in [4.78, 5) is 4.42. The average molecular weight is 170 g/mol. The van der Waals surface area contributed by atoms with Crippen molar-refractivity contribution in [1.82, 2.24) is 0 Å². The lowest BCUT2D eigenvalue weighted by atomic mass is 10.0. The van der Waals surface area contributed by atoms with E-state index in [0.717, 1.165) is 17.8 Å². The Kier molecular flexibility index (Phi) is 1.86. The van der Waals surface area contributed by atoms with Gasteiger partial charge in [0.05, 0.1) is 17.7 Å². The zero-order valence-electron chi connectivity index (χ0n) is 7.49. The molecule has 1 unspecified atom stereocenters. The predicted molar refractivity (Wildman–Crippen MR) is 52.0 cm³/mol. The summed E-state index contributed by atoms with van der Waals surface area (Å²) in [5.41, 5.74) is 3.25. The minimum Gasteiger partial charge on any atom is -0.256 e. The van der Waals surface area contributed by atoms with Crippen LogP contribution < -0.4 is 0 Å². The first-order valence-corrected chi connectivity index (χ1v) is 4.36. The number of hydrogen-bond acceptors (Lipinski definition) is 2. The van der Waals surface area contributed by atoms with Gasteiger partial charge in [-0.1, -0.05) is 18.2 Å². The van der Waals surface area contributed by atoms with Crippen LogP contribution in [0, 0.1) is 17.2 Å². The summed E-state index contributed by atoms with van der Waals surface area (Å²) in [5, 5.41) is 8.74. The minimum atomic E-state index is -0.0626. The summed E-state index contributed by atoms with van der Waals surface area (Å²) in [6, 6.07) is 10.3. The normalized spacial score (nSPS) is 15.8. The van der Waals surface area contributed by atoms with Crippen molar-refractivity contribution in [3.63, 3.8) is 0 Å². The molecule has 0 saturated heterocycles. The minimum absolute atomic E-state index is 0.0626. The topological polar surface area (TPSA) is 36.1 Å². The molecule has 1 atom stereocenters. The Bertz CT molecular complexity index is 399. The van der Waals surface area contributed by atoms with E-state index in [1.165, 1.54) is 5.56 Å². The van der Waals surface area contributed by atoms with E-state index in [9.17, 15) is 0 Å². The lowest BCUT2D eigenvalue weighted by molar-refractivity contribution is 0.992. The Labute approximate surface area is 77.5 Å². The molecule has 1 aromatic rings. The molecule has 0 aromatic heterocycles. The van der Waals surface area contributed by atoms with Crippen LogP contribution in [0.1, 0.15) is 12.5 Å². The van der Waals surface area contributed by atoms with E-state index in [1.807, 2.05) is 25.1 Å². The number of benzene rings is 1. The first kappa shape index (κ1) is 8.00. The molecule has 2 rings (SSSR count). The van der Waals surface area contributed by atoms with E-state index in [4.69, 9.17) is 5.26 Å². The third-order valence-corrected chi connectivity index (χ3v) is 2.32. The molecule has 1 aliphatic heterocycles. The first-order chi connectivity index (χ1) is 6.31. The second kappa shape index (κ2) is 3.02. The van der Waals surface area contributed by atoms with Crippen LogP contribution in [0.4, 0.5) is 5.69 Å². The number of fused-ring (bicyclic) bond motifs is 1. The van der Waals surface area contributed by atoms with Crippen molar-refractivity contribution in [2.45, 2.75) is 13.3 Å². The molecule has 64 valence electrons. The number of rotatable bonds is 1. The highest BCUT2D eigenvalue weighted by atomic mass is 14.8. The van der Waals surface area contributed by atoms with Gasteiger partial charge in [-0.2, -0.15) is 5.26 Å². The molecule has 0 radical (unpaired) electrons. The van der Waals surface area contributed by atoms with Gasteiger partial charge < -0.3 is 0 Å². The Balaban J connectivity index is 2.32. The Morgan fingerprint density at radius 3 is 2.92 bits per heavy atom. The number of nitrogens with zero attached hydrogens (tertiary/aromatic N) is 2. The largest absolute Gasteiger partial charge is 0.256 e. The van der Waals surface area contributed by atoms with Gasteiger partial charge in [0.25, 0.3) is 0 Å². The highest BCUT2D eigenvalue weighted by Gasteiger charge is 2.18. The summed E-state index contributed by atoms with van der Waals surface area (Å²) in [5.74, 6) is -0.0626. The third kappa shape index (κ3) is 1.33. The molecule has 1 aliphatic rings. The van der Waals surface area contributed by atoms with Gasteiger partial charge in [-0.25, -0.2) is 0 Å². The molecule has 2 nitrogen and oxygen atoms in total. The van der Waals surface area contributed by atoms with Crippen molar-refractivity contribution >= 4 is 11.4 Å². The second-order valence-electron chi connectivity index (χ2n) is 3.26. The summed E-state index contributed by atoms with van der Waals surface area (Å²) < 4.78 is 0. The quantitative estimate of drug-likeness (QED) is 0.637. The molecule has 0 aliphatic carbocycles. The maximum absolute atomic E-state index is 8.74. The van der Waals surface area contributed by atoms with E-state index < -0.39 is 0 Å². The summed E-state index contributed by atoms with van der Waals surface area (Å²) in [6.45, 7) is 1.89. The van der Waals surface area contributed by atoms with Crippen molar-refractivity contribution in [2.75, 3.05) is 0 Å². The van der Waals surface area contributed by atoms with Crippen molar-refractivity contribution in [1.29, 1.82) is 5.26 Å². The lowest BCUT2D eigenvalue weighted by Gasteiger charge is -1.98. The van der Waals surface area contributed by atoms with Gasteiger partial charge in [0.2, 0.25) is 0 Å². The lowest BCUT2D eigenvalue weighted by Crippen LogP contribution is -2.08. The van der Waals surface area contributed by atoms with Crippen molar-refractivity contribution < 1.29 is 0 Å². The van der Waals surface area contributed by atoms with Gasteiger partial charge in [-0.15, -0.1) is 0 Å². The number of hydrogen-bond donors (Lipinski definition) is 0. The molecule has 0 amide bonds. The number of nitriles is 1. The Morgan fingerprint density at radius 2 is 2.23 bits per heavy atom. The zero-order chi connectivity index (χ0) is 9.26. The number of aliphatic imine (C=N–C) groups is 1. The van der Waals surface area contributed by atoms with Crippen molar-refractivity contribution in [3.05, 3.63) is 29.8 Å². The summed E-state index contributed by atoms with van der Waals surface area (Å²) in [6.07, 6.45) is 0.838. The SMILES string of the molecule is CC(C#N)C1=Nc2ccccc2C1. The van der Waals surface area contributed by atoms with Crippen LogP contribution in [-0.2, 0) is 6.42 Å². The van der Waals surface area contributed by atoms with Gasteiger partial charge in [0, 0.05) is 12.1 Å². The van der Waals surface area contributed by atoms with Crippen LogP contribution in [0.3, 0.4) is 0 Å².